The Morgan fingerprint density at radius 1 is 1.28 bits per heavy atom. The molecular formula is C19H19N3O2S. The summed E-state index contributed by atoms with van der Waals surface area (Å²) >= 11 is 1.30. The van der Waals surface area contributed by atoms with Gasteiger partial charge in [-0.2, -0.15) is 4.98 Å². The molecule has 0 saturated heterocycles. The first-order valence-electron chi connectivity index (χ1n) is 8.43. The summed E-state index contributed by atoms with van der Waals surface area (Å²) in [5.41, 5.74) is 4.71. The molecule has 1 amide bonds. The first-order chi connectivity index (χ1) is 12.2. The Kier molecular flexibility index (Phi) is 4.44. The van der Waals surface area contributed by atoms with Crippen LogP contribution >= 0.6 is 11.8 Å². The van der Waals surface area contributed by atoms with Crippen molar-refractivity contribution in [1.82, 2.24) is 15.3 Å². The van der Waals surface area contributed by atoms with E-state index in [1.165, 1.54) is 22.9 Å². The van der Waals surface area contributed by atoms with Gasteiger partial charge < -0.3 is 9.73 Å². The molecule has 1 aliphatic carbocycles. The molecule has 2 aromatic heterocycles. The smallest absolute Gasteiger partial charge is 0.258 e. The number of hydrogen-bond acceptors (Lipinski definition) is 5. The summed E-state index contributed by atoms with van der Waals surface area (Å²) in [6.45, 7) is 1.91. The number of carbonyl (C=O) groups excluding carboxylic acids is 1. The Bertz CT molecular complexity index is 922. The number of nitrogens with one attached hydrogen (secondary N) is 1. The molecule has 0 unspecified atom stereocenters. The Morgan fingerprint density at radius 2 is 2.16 bits per heavy atom. The van der Waals surface area contributed by atoms with Crippen LogP contribution in [0.3, 0.4) is 0 Å². The van der Waals surface area contributed by atoms with Gasteiger partial charge >= 0.3 is 0 Å². The Labute approximate surface area is 150 Å². The van der Waals surface area contributed by atoms with Crippen LogP contribution in [0.5, 0.6) is 0 Å². The number of nitrogens with zero attached hydrogens (tertiary/aromatic N) is 2. The second-order valence-corrected chi connectivity index (χ2v) is 7.18. The SMILES string of the molecule is Cc1ccc2oc(SCC(=O)N[C@H]3CCCc4ccccc43)nc2n1. The highest BCUT2D eigenvalue weighted by Crippen LogP contribution is 2.29. The fraction of sp³-hybridized carbons (Fsp3) is 0.316. The van der Waals surface area contributed by atoms with E-state index in [1.807, 2.05) is 25.1 Å². The topological polar surface area (TPSA) is 68.0 Å². The van der Waals surface area contributed by atoms with Crippen LogP contribution in [-0.2, 0) is 11.2 Å². The molecule has 2 heterocycles. The maximum Gasteiger partial charge on any atom is 0.258 e. The number of thioether (sulfide) groups is 1. The van der Waals surface area contributed by atoms with E-state index < -0.39 is 0 Å². The highest BCUT2D eigenvalue weighted by atomic mass is 32.2. The summed E-state index contributed by atoms with van der Waals surface area (Å²) in [6, 6.07) is 12.2. The molecule has 25 heavy (non-hydrogen) atoms. The van der Waals surface area contributed by atoms with Crippen molar-refractivity contribution in [3.8, 4) is 0 Å². The average Bonchev–Trinajstić information content (AvgIpc) is 3.02. The fourth-order valence-corrected chi connectivity index (χ4v) is 3.86. The second kappa shape index (κ2) is 6.88. The van der Waals surface area contributed by atoms with Gasteiger partial charge in [0.2, 0.25) is 5.91 Å². The van der Waals surface area contributed by atoms with Gasteiger partial charge in [0.05, 0.1) is 11.8 Å². The van der Waals surface area contributed by atoms with Crippen LogP contribution in [0, 0.1) is 6.92 Å². The molecule has 0 saturated carbocycles. The Hall–Kier alpha value is -2.34. The third-order valence-electron chi connectivity index (χ3n) is 4.40. The van der Waals surface area contributed by atoms with E-state index in [2.05, 4.69) is 33.5 Å². The lowest BCUT2D eigenvalue weighted by Crippen LogP contribution is -2.32. The molecule has 0 fully saturated rings. The van der Waals surface area contributed by atoms with Crippen molar-refractivity contribution in [2.45, 2.75) is 37.5 Å². The molecule has 0 bridgehead atoms. The van der Waals surface area contributed by atoms with Crippen molar-refractivity contribution in [3.63, 3.8) is 0 Å². The van der Waals surface area contributed by atoms with Crippen molar-refractivity contribution in [3.05, 3.63) is 53.2 Å². The molecule has 0 spiro atoms. The third-order valence-corrected chi connectivity index (χ3v) is 5.23. The zero-order valence-electron chi connectivity index (χ0n) is 14.0. The number of benzene rings is 1. The van der Waals surface area contributed by atoms with E-state index in [9.17, 15) is 4.79 Å². The zero-order chi connectivity index (χ0) is 17.2. The first kappa shape index (κ1) is 16.1. The maximum atomic E-state index is 12.3. The van der Waals surface area contributed by atoms with Crippen LogP contribution in [0.25, 0.3) is 11.2 Å². The molecule has 6 heteroatoms. The summed E-state index contributed by atoms with van der Waals surface area (Å²) in [5.74, 6) is 0.280. The van der Waals surface area contributed by atoms with Gasteiger partial charge in [-0.15, -0.1) is 0 Å². The largest absolute Gasteiger partial charge is 0.430 e. The van der Waals surface area contributed by atoms with Crippen LogP contribution in [-0.4, -0.2) is 21.6 Å². The highest BCUT2D eigenvalue weighted by molar-refractivity contribution is 7.99. The van der Waals surface area contributed by atoms with Gasteiger partial charge in [0.15, 0.2) is 11.2 Å². The van der Waals surface area contributed by atoms with E-state index >= 15 is 0 Å². The lowest BCUT2D eigenvalue weighted by atomic mass is 9.88. The van der Waals surface area contributed by atoms with Crippen molar-refractivity contribution in [2.24, 2.45) is 0 Å². The molecule has 1 N–H and O–H groups in total. The van der Waals surface area contributed by atoms with Gasteiger partial charge in [-0.25, -0.2) is 4.98 Å². The maximum absolute atomic E-state index is 12.3. The minimum absolute atomic E-state index is 0.00176. The van der Waals surface area contributed by atoms with E-state index in [1.54, 1.807) is 0 Å². The summed E-state index contributed by atoms with van der Waals surface area (Å²) in [4.78, 5) is 21.0. The molecule has 5 nitrogen and oxygen atoms in total. The average molecular weight is 353 g/mol. The van der Waals surface area contributed by atoms with Gasteiger partial charge in [0, 0.05) is 5.69 Å². The molecule has 128 valence electrons. The fourth-order valence-electron chi connectivity index (χ4n) is 3.22. The molecule has 3 aromatic rings. The molecule has 0 aliphatic heterocycles. The van der Waals surface area contributed by atoms with Gasteiger partial charge in [-0.3, -0.25) is 4.79 Å². The van der Waals surface area contributed by atoms with Crippen LogP contribution in [0.1, 0.15) is 35.7 Å². The normalized spacial score (nSPS) is 16.6. The molecule has 1 aromatic carbocycles. The van der Waals surface area contributed by atoms with Crippen molar-refractivity contribution in [1.29, 1.82) is 0 Å². The zero-order valence-corrected chi connectivity index (χ0v) is 14.8. The van der Waals surface area contributed by atoms with E-state index in [4.69, 9.17) is 4.42 Å². The number of pyridine rings is 1. The predicted molar refractivity (Wildman–Crippen MR) is 97.5 cm³/mol. The van der Waals surface area contributed by atoms with Gasteiger partial charge in [0.1, 0.15) is 0 Å². The number of rotatable bonds is 4. The van der Waals surface area contributed by atoms with E-state index in [0.717, 1.165) is 25.0 Å². The number of carbonyl (C=O) groups is 1. The predicted octanol–water partition coefficient (Wildman–Crippen LogP) is 3.82. The second-order valence-electron chi connectivity index (χ2n) is 6.25. The molecular weight excluding hydrogens is 334 g/mol. The van der Waals surface area contributed by atoms with Gasteiger partial charge in [0.25, 0.3) is 5.22 Å². The third kappa shape index (κ3) is 3.54. The van der Waals surface area contributed by atoms with Crippen molar-refractivity contribution in [2.75, 3.05) is 5.75 Å². The summed E-state index contributed by atoms with van der Waals surface area (Å²) in [7, 11) is 0. The number of fused-ring (bicyclic) bond motifs is 2. The lowest BCUT2D eigenvalue weighted by Gasteiger charge is -2.26. The van der Waals surface area contributed by atoms with Crippen molar-refractivity contribution < 1.29 is 9.21 Å². The van der Waals surface area contributed by atoms with Crippen LogP contribution in [0.4, 0.5) is 0 Å². The summed E-state index contributed by atoms with van der Waals surface area (Å²) < 4.78 is 5.63. The van der Waals surface area contributed by atoms with E-state index in [-0.39, 0.29) is 17.7 Å². The molecule has 4 rings (SSSR count). The van der Waals surface area contributed by atoms with Gasteiger partial charge in [-0.05, 0) is 49.4 Å². The quantitative estimate of drug-likeness (QED) is 0.722. The Morgan fingerprint density at radius 3 is 3.08 bits per heavy atom. The standard InChI is InChI=1S/C19H19N3O2S/c1-12-9-10-16-18(20-12)22-19(24-16)25-11-17(23)21-15-8-4-6-13-5-2-3-7-14(13)15/h2-3,5,7,9-10,15H,4,6,8,11H2,1H3,(H,21,23)/t15-/m0/s1. The Balaban J connectivity index is 1.39. The minimum Gasteiger partial charge on any atom is -0.430 e. The monoisotopic (exact) mass is 353 g/mol. The highest BCUT2D eigenvalue weighted by Gasteiger charge is 2.21. The molecule has 1 aliphatic rings. The number of hydrogen-bond donors (Lipinski definition) is 1. The van der Waals surface area contributed by atoms with Crippen LogP contribution in [0.2, 0.25) is 0 Å². The van der Waals surface area contributed by atoms with Crippen LogP contribution < -0.4 is 5.32 Å². The molecule has 1 atom stereocenters. The van der Waals surface area contributed by atoms with E-state index in [0.29, 0.717) is 16.5 Å². The van der Waals surface area contributed by atoms with Crippen molar-refractivity contribution >= 4 is 28.9 Å². The molecule has 0 radical (unpaired) electrons. The summed E-state index contributed by atoms with van der Waals surface area (Å²) in [5, 5.41) is 3.62. The first-order valence-corrected chi connectivity index (χ1v) is 9.42. The lowest BCUT2D eigenvalue weighted by molar-refractivity contribution is -0.119. The number of amides is 1. The number of oxazole rings is 1. The minimum atomic E-state index is -0.00176. The van der Waals surface area contributed by atoms with Crippen LogP contribution in [0.15, 0.2) is 46.0 Å². The number of aryl methyl sites for hydroxylation is 2. The number of aromatic nitrogens is 2. The van der Waals surface area contributed by atoms with Gasteiger partial charge in [-0.1, -0.05) is 36.0 Å². The summed E-state index contributed by atoms with van der Waals surface area (Å²) in [6.07, 6.45) is 3.18.